The number of hydrogen-bond donors (Lipinski definition) is 0. The van der Waals surface area contributed by atoms with Gasteiger partial charge in [-0.05, 0) is 18.4 Å². The van der Waals surface area contributed by atoms with Gasteiger partial charge in [-0.1, -0.05) is 13.8 Å². The molecular weight excluding hydrogens is 299 g/mol. The number of carbonyl (C=O) groups is 1. The van der Waals surface area contributed by atoms with E-state index in [-0.39, 0.29) is 13.2 Å². The molecule has 1 aromatic rings. The first-order valence-corrected chi connectivity index (χ1v) is 7.19. The molecule has 1 atom stereocenters. The molecule has 0 unspecified atom stereocenters. The molecule has 1 aromatic heterocycles. The van der Waals surface area contributed by atoms with Crippen LogP contribution in [-0.4, -0.2) is 52.6 Å². The van der Waals surface area contributed by atoms with Crippen molar-refractivity contribution < 1.29 is 22.7 Å². The Kier molecular flexibility index (Phi) is 4.79. The lowest BCUT2D eigenvalue weighted by molar-refractivity contribution is -0.233. The molecule has 0 aromatic carbocycles. The second-order valence-corrected chi connectivity index (χ2v) is 5.89. The van der Waals surface area contributed by atoms with Crippen LogP contribution in [0.25, 0.3) is 0 Å². The van der Waals surface area contributed by atoms with Crippen LogP contribution in [0.4, 0.5) is 13.2 Å². The summed E-state index contributed by atoms with van der Waals surface area (Å²) >= 11 is 0. The maximum atomic E-state index is 12.7. The molecule has 1 amide bonds. The number of rotatable bonds is 3. The maximum Gasteiger partial charge on any atom is 0.416 e. The summed E-state index contributed by atoms with van der Waals surface area (Å²) in [4.78, 5) is 13.6. The van der Waals surface area contributed by atoms with Crippen LogP contribution in [0.3, 0.4) is 0 Å². The molecule has 0 aliphatic carbocycles. The van der Waals surface area contributed by atoms with Crippen LogP contribution in [0.2, 0.25) is 0 Å². The number of hydrogen-bond acceptors (Lipinski definition) is 3. The van der Waals surface area contributed by atoms with Crippen LogP contribution >= 0.6 is 0 Å². The lowest BCUT2D eigenvalue weighted by Crippen LogP contribution is -2.51. The highest BCUT2D eigenvalue weighted by Crippen LogP contribution is 2.26. The molecule has 1 aliphatic heterocycles. The molecule has 2 heterocycles. The van der Waals surface area contributed by atoms with Crippen LogP contribution in [0.1, 0.15) is 30.0 Å². The van der Waals surface area contributed by atoms with Crippen molar-refractivity contribution in [2.45, 2.75) is 32.5 Å². The number of carbonyl (C=O) groups excluding carboxylic acids is 1. The number of aromatic nitrogens is 2. The number of ether oxygens (including phenoxy) is 1. The Labute approximate surface area is 127 Å². The molecule has 0 spiro atoms. The van der Waals surface area contributed by atoms with Crippen molar-refractivity contribution in [3.63, 3.8) is 0 Å². The number of alkyl halides is 3. The SMILES string of the molecule is CC(C)Cc1cc(C(=O)N2CCO[C@@H](C(F)(F)F)C2)n(C)n1. The standard InChI is InChI=1S/C14H20F3N3O2/c1-9(2)6-10-7-11(19(3)18-10)13(21)20-4-5-22-12(8-20)14(15,16)17/h7,9,12H,4-6,8H2,1-3H3/t12-/m1/s1. The van der Waals surface area contributed by atoms with Crippen LogP contribution in [0.5, 0.6) is 0 Å². The average Bonchev–Trinajstić information content (AvgIpc) is 2.77. The Morgan fingerprint density at radius 3 is 2.77 bits per heavy atom. The molecule has 124 valence electrons. The first-order chi connectivity index (χ1) is 10.2. The zero-order valence-corrected chi connectivity index (χ0v) is 12.9. The average molecular weight is 319 g/mol. The van der Waals surface area contributed by atoms with Crippen LogP contribution < -0.4 is 0 Å². The Bertz CT molecular complexity index is 540. The van der Waals surface area contributed by atoms with Gasteiger partial charge in [0.15, 0.2) is 6.10 Å². The van der Waals surface area contributed by atoms with Gasteiger partial charge in [0.1, 0.15) is 5.69 Å². The lowest BCUT2D eigenvalue weighted by atomic mass is 10.1. The van der Waals surface area contributed by atoms with Crippen molar-refractivity contribution in [3.8, 4) is 0 Å². The van der Waals surface area contributed by atoms with E-state index in [1.54, 1.807) is 13.1 Å². The summed E-state index contributed by atoms with van der Waals surface area (Å²) in [6.45, 7) is 3.62. The fourth-order valence-electron chi connectivity index (χ4n) is 2.44. The van der Waals surface area contributed by atoms with Gasteiger partial charge < -0.3 is 9.64 Å². The zero-order chi connectivity index (χ0) is 16.5. The molecular formula is C14H20F3N3O2. The van der Waals surface area contributed by atoms with Crippen molar-refractivity contribution in [1.29, 1.82) is 0 Å². The Hall–Kier alpha value is -1.57. The minimum Gasteiger partial charge on any atom is -0.365 e. The minimum atomic E-state index is -4.46. The quantitative estimate of drug-likeness (QED) is 0.856. The topological polar surface area (TPSA) is 47.4 Å². The molecule has 22 heavy (non-hydrogen) atoms. The van der Waals surface area contributed by atoms with Crippen molar-refractivity contribution in [1.82, 2.24) is 14.7 Å². The summed E-state index contributed by atoms with van der Waals surface area (Å²) in [7, 11) is 1.62. The second-order valence-electron chi connectivity index (χ2n) is 5.89. The van der Waals surface area contributed by atoms with Crippen molar-refractivity contribution in [3.05, 3.63) is 17.5 Å². The molecule has 8 heteroatoms. The van der Waals surface area contributed by atoms with Crippen LogP contribution in [0.15, 0.2) is 6.07 Å². The third kappa shape index (κ3) is 3.79. The Morgan fingerprint density at radius 1 is 1.50 bits per heavy atom. The summed E-state index contributed by atoms with van der Waals surface area (Å²) in [6, 6.07) is 1.65. The van der Waals surface area contributed by atoms with E-state index in [1.165, 1.54) is 9.58 Å². The summed E-state index contributed by atoms with van der Waals surface area (Å²) < 4.78 is 44.3. The van der Waals surface area contributed by atoms with Gasteiger partial charge in [0.05, 0.1) is 18.8 Å². The van der Waals surface area contributed by atoms with Gasteiger partial charge in [-0.2, -0.15) is 18.3 Å². The van der Waals surface area contributed by atoms with E-state index < -0.39 is 24.7 Å². The first-order valence-electron chi connectivity index (χ1n) is 7.19. The largest absolute Gasteiger partial charge is 0.416 e. The predicted molar refractivity (Wildman–Crippen MR) is 73.4 cm³/mol. The monoisotopic (exact) mass is 319 g/mol. The number of aryl methyl sites for hydroxylation is 1. The lowest BCUT2D eigenvalue weighted by Gasteiger charge is -2.33. The van der Waals surface area contributed by atoms with E-state index in [4.69, 9.17) is 4.74 Å². The van der Waals surface area contributed by atoms with E-state index in [0.29, 0.717) is 11.6 Å². The highest BCUT2D eigenvalue weighted by atomic mass is 19.4. The second kappa shape index (κ2) is 6.28. The molecule has 1 fully saturated rings. The molecule has 1 saturated heterocycles. The third-order valence-electron chi connectivity index (χ3n) is 3.49. The number of halogens is 3. The van der Waals surface area contributed by atoms with Crippen LogP contribution in [0, 0.1) is 5.92 Å². The number of morpholine rings is 1. The molecule has 0 bridgehead atoms. The first kappa shape index (κ1) is 16.8. The van der Waals surface area contributed by atoms with E-state index in [0.717, 1.165) is 12.1 Å². The summed E-state index contributed by atoms with van der Waals surface area (Å²) in [5.41, 5.74) is 1.07. The molecule has 5 nitrogen and oxygen atoms in total. The molecule has 0 radical (unpaired) electrons. The van der Waals surface area contributed by atoms with Crippen molar-refractivity contribution in [2.24, 2.45) is 13.0 Å². The molecule has 2 rings (SSSR count). The summed E-state index contributed by atoms with van der Waals surface area (Å²) in [6.07, 6.45) is -5.67. The number of amides is 1. The predicted octanol–water partition coefficient (Wildman–Crippen LogP) is 2.02. The summed E-state index contributed by atoms with van der Waals surface area (Å²) in [5, 5.41) is 4.25. The Balaban J connectivity index is 2.12. The van der Waals surface area contributed by atoms with Gasteiger partial charge in [-0.3, -0.25) is 9.48 Å². The number of nitrogens with zero attached hydrogens (tertiary/aromatic N) is 3. The van der Waals surface area contributed by atoms with Crippen molar-refractivity contribution in [2.75, 3.05) is 19.7 Å². The molecule has 0 saturated carbocycles. The smallest absolute Gasteiger partial charge is 0.365 e. The van der Waals surface area contributed by atoms with Gasteiger partial charge >= 0.3 is 6.18 Å². The minimum absolute atomic E-state index is 0.118. The van der Waals surface area contributed by atoms with Crippen LogP contribution in [-0.2, 0) is 18.2 Å². The van der Waals surface area contributed by atoms with E-state index in [9.17, 15) is 18.0 Å². The fourth-order valence-corrected chi connectivity index (χ4v) is 2.44. The normalized spacial score (nSPS) is 19.8. The zero-order valence-electron chi connectivity index (χ0n) is 12.9. The molecule has 0 N–H and O–H groups in total. The van der Waals surface area contributed by atoms with Gasteiger partial charge in [-0.25, -0.2) is 0 Å². The fraction of sp³-hybridized carbons (Fsp3) is 0.714. The maximum absolute atomic E-state index is 12.7. The van der Waals surface area contributed by atoms with Gasteiger partial charge in [-0.15, -0.1) is 0 Å². The van der Waals surface area contributed by atoms with Gasteiger partial charge in [0.2, 0.25) is 0 Å². The summed E-state index contributed by atoms with van der Waals surface area (Å²) in [5.74, 6) is -0.0570. The highest BCUT2D eigenvalue weighted by Gasteiger charge is 2.44. The van der Waals surface area contributed by atoms with Gasteiger partial charge in [0.25, 0.3) is 5.91 Å². The van der Waals surface area contributed by atoms with Crippen molar-refractivity contribution >= 4 is 5.91 Å². The highest BCUT2D eigenvalue weighted by molar-refractivity contribution is 5.92. The van der Waals surface area contributed by atoms with Gasteiger partial charge in [0, 0.05) is 13.6 Å². The van der Waals surface area contributed by atoms with E-state index in [2.05, 4.69) is 5.10 Å². The third-order valence-corrected chi connectivity index (χ3v) is 3.49. The Morgan fingerprint density at radius 2 is 2.18 bits per heavy atom. The van der Waals surface area contributed by atoms with E-state index >= 15 is 0 Å². The molecule has 1 aliphatic rings. The van der Waals surface area contributed by atoms with E-state index in [1.807, 2.05) is 13.8 Å².